The first kappa shape index (κ1) is 27.3. The number of nitrogens with one attached hydrogen (secondary N) is 2. The van der Waals surface area contributed by atoms with Crippen molar-refractivity contribution in [2.45, 2.75) is 64.3 Å². The van der Waals surface area contributed by atoms with Crippen LogP contribution in [0.2, 0.25) is 5.02 Å². The van der Waals surface area contributed by atoms with Crippen LogP contribution in [-0.2, 0) is 9.59 Å². The van der Waals surface area contributed by atoms with Gasteiger partial charge in [-0.15, -0.1) is 0 Å². The van der Waals surface area contributed by atoms with Gasteiger partial charge in [-0.3, -0.25) is 9.59 Å². The van der Waals surface area contributed by atoms with Gasteiger partial charge in [-0.05, 0) is 50.4 Å². The maximum absolute atomic E-state index is 14.6. The van der Waals surface area contributed by atoms with Crippen LogP contribution in [0.3, 0.4) is 0 Å². The van der Waals surface area contributed by atoms with E-state index in [4.69, 9.17) is 11.6 Å². The molecule has 0 aromatic heterocycles. The second-order valence-corrected chi connectivity index (χ2v) is 9.90. The Balaban J connectivity index is 1.90. The van der Waals surface area contributed by atoms with Crippen molar-refractivity contribution in [2.75, 3.05) is 27.2 Å². The molecule has 2 amide bonds. The maximum Gasteiger partial charge on any atom is 0.270 e. The van der Waals surface area contributed by atoms with Crippen LogP contribution in [0.1, 0.15) is 63.9 Å². The highest BCUT2D eigenvalue weighted by molar-refractivity contribution is 6.31. The number of halogens is 3. The molecule has 1 fully saturated rings. The fourth-order valence-electron chi connectivity index (χ4n) is 4.84. The number of benzene rings is 1. The predicted octanol–water partition coefficient (Wildman–Crippen LogP) is 4.61. The van der Waals surface area contributed by atoms with E-state index in [0.29, 0.717) is 12.3 Å². The molecule has 0 saturated heterocycles. The summed E-state index contributed by atoms with van der Waals surface area (Å²) in [4.78, 5) is 32.7. The summed E-state index contributed by atoms with van der Waals surface area (Å²) in [7, 11) is 3.52. The quantitative estimate of drug-likeness (QED) is 0.453. The Hall–Kier alpha value is -2.32. The summed E-state index contributed by atoms with van der Waals surface area (Å²) >= 11 is 5.90. The van der Waals surface area contributed by atoms with E-state index in [1.54, 1.807) is 7.05 Å². The van der Waals surface area contributed by atoms with Gasteiger partial charge in [-0.25, -0.2) is 13.8 Å². The summed E-state index contributed by atoms with van der Waals surface area (Å²) in [6.45, 7) is 3.41. The lowest BCUT2D eigenvalue weighted by molar-refractivity contribution is -0.128. The van der Waals surface area contributed by atoms with Gasteiger partial charge in [0.05, 0.1) is 10.7 Å². The molecule has 192 valence electrons. The minimum atomic E-state index is -0.849. The van der Waals surface area contributed by atoms with E-state index in [1.165, 1.54) is 6.07 Å². The molecule has 1 atom stereocenters. The highest BCUT2D eigenvalue weighted by Crippen LogP contribution is 2.30. The molecule has 1 heterocycles. The molecule has 1 aliphatic heterocycles. The minimum Gasteiger partial charge on any atom is -0.357 e. The van der Waals surface area contributed by atoms with Crippen molar-refractivity contribution in [3.63, 3.8) is 0 Å². The Morgan fingerprint density at radius 2 is 1.91 bits per heavy atom. The third-order valence-corrected chi connectivity index (χ3v) is 7.08. The molecule has 3 rings (SSSR count). The number of unbranched alkanes of at least 4 members (excludes halogenated alkanes) is 1. The summed E-state index contributed by atoms with van der Waals surface area (Å²) < 4.78 is 28.3. The van der Waals surface area contributed by atoms with Crippen LogP contribution in [0, 0.1) is 17.6 Å². The van der Waals surface area contributed by atoms with E-state index in [9.17, 15) is 18.4 Å². The van der Waals surface area contributed by atoms with Gasteiger partial charge in [0.2, 0.25) is 5.91 Å². The Morgan fingerprint density at radius 3 is 2.57 bits per heavy atom. The number of carbonyl (C=O) groups excluding carboxylic acids is 2. The molecule has 2 N–H and O–H groups in total. The SMILES string of the molecule is CCCCN(C)CC1=C(C(=O)NC(C(=O)NC)C2CCCCC2)N=C(c2cc(Cl)c(F)cc2F)C1. The van der Waals surface area contributed by atoms with Crippen LogP contribution >= 0.6 is 11.6 Å². The first-order valence-corrected chi connectivity index (χ1v) is 12.8. The molecule has 1 aromatic carbocycles. The minimum absolute atomic E-state index is 0.0575. The number of nitrogens with zero attached hydrogens (tertiary/aromatic N) is 2. The van der Waals surface area contributed by atoms with E-state index in [0.717, 1.165) is 63.1 Å². The molecule has 6 nitrogen and oxygen atoms in total. The highest BCUT2D eigenvalue weighted by atomic mass is 35.5. The summed E-state index contributed by atoms with van der Waals surface area (Å²) in [6, 6.07) is 1.28. The molecular weight excluding hydrogens is 474 g/mol. The molecule has 1 aromatic rings. The molecule has 1 aliphatic carbocycles. The monoisotopic (exact) mass is 508 g/mol. The van der Waals surface area contributed by atoms with Gasteiger partial charge in [0.25, 0.3) is 5.91 Å². The zero-order valence-electron chi connectivity index (χ0n) is 20.7. The fourth-order valence-corrected chi connectivity index (χ4v) is 5.01. The Kier molecular flexibility index (Phi) is 9.80. The van der Waals surface area contributed by atoms with Crippen molar-refractivity contribution in [2.24, 2.45) is 10.9 Å². The van der Waals surface area contributed by atoms with Gasteiger partial charge < -0.3 is 15.5 Å². The fraction of sp³-hybridized carbons (Fsp3) is 0.577. The number of aliphatic imine (C=N–C) groups is 1. The van der Waals surface area contributed by atoms with Crippen molar-refractivity contribution in [1.82, 2.24) is 15.5 Å². The van der Waals surface area contributed by atoms with E-state index < -0.39 is 23.6 Å². The molecular formula is C26H35ClF2N4O2. The van der Waals surface area contributed by atoms with Crippen molar-refractivity contribution >= 4 is 29.1 Å². The van der Waals surface area contributed by atoms with Crippen LogP contribution in [0.5, 0.6) is 0 Å². The predicted molar refractivity (Wildman–Crippen MR) is 135 cm³/mol. The van der Waals surface area contributed by atoms with Crippen molar-refractivity contribution < 1.29 is 18.4 Å². The molecule has 35 heavy (non-hydrogen) atoms. The van der Waals surface area contributed by atoms with Gasteiger partial charge >= 0.3 is 0 Å². The zero-order valence-corrected chi connectivity index (χ0v) is 21.5. The third-order valence-electron chi connectivity index (χ3n) is 6.79. The van der Waals surface area contributed by atoms with Gasteiger partial charge in [-0.1, -0.05) is 44.2 Å². The van der Waals surface area contributed by atoms with E-state index in [1.807, 2.05) is 7.05 Å². The largest absolute Gasteiger partial charge is 0.357 e. The lowest BCUT2D eigenvalue weighted by Crippen LogP contribution is -2.51. The molecule has 0 radical (unpaired) electrons. The van der Waals surface area contributed by atoms with Crippen LogP contribution in [0.25, 0.3) is 0 Å². The van der Waals surface area contributed by atoms with Crippen LogP contribution in [0.15, 0.2) is 28.4 Å². The standard InChI is InChI=1S/C26H35ClF2N4O2/c1-4-5-11-33(3)15-17-12-22(18-13-19(27)21(29)14-20(18)28)31-24(17)26(35)32-23(25(34)30-2)16-9-7-6-8-10-16/h13-14,16,23H,4-12,15H2,1-3H3,(H,30,34)(H,32,35). The van der Waals surface area contributed by atoms with Crippen molar-refractivity contribution in [3.8, 4) is 0 Å². The number of carbonyl (C=O) groups is 2. The van der Waals surface area contributed by atoms with Crippen LogP contribution in [0.4, 0.5) is 8.78 Å². The van der Waals surface area contributed by atoms with Gasteiger partial charge in [0.1, 0.15) is 23.4 Å². The lowest BCUT2D eigenvalue weighted by Gasteiger charge is -2.29. The number of hydrogen-bond acceptors (Lipinski definition) is 4. The van der Waals surface area contributed by atoms with Gasteiger partial charge in [0.15, 0.2) is 0 Å². The topological polar surface area (TPSA) is 73.8 Å². The van der Waals surface area contributed by atoms with Crippen LogP contribution < -0.4 is 10.6 Å². The van der Waals surface area contributed by atoms with Gasteiger partial charge in [-0.2, -0.15) is 0 Å². The average Bonchev–Trinajstić information content (AvgIpc) is 3.26. The van der Waals surface area contributed by atoms with Crippen molar-refractivity contribution in [1.29, 1.82) is 0 Å². The Bertz CT molecular complexity index is 1010. The molecule has 1 unspecified atom stereocenters. The first-order valence-electron chi connectivity index (χ1n) is 12.4. The summed E-state index contributed by atoms with van der Waals surface area (Å²) in [5.74, 6) is -2.26. The summed E-state index contributed by atoms with van der Waals surface area (Å²) in [5, 5.41) is 5.38. The van der Waals surface area contributed by atoms with Gasteiger partial charge in [0, 0.05) is 31.6 Å². The second-order valence-electron chi connectivity index (χ2n) is 9.49. The molecule has 9 heteroatoms. The number of likely N-dealkylation sites (N-methyl/N-ethyl adjacent to an activating group) is 2. The normalized spacial score (nSPS) is 17.5. The van der Waals surface area contributed by atoms with E-state index in [2.05, 4.69) is 27.4 Å². The third kappa shape index (κ3) is 6.88. The van der Waals surface area contributed by atoms with E-state index in [-0.39, 0.29) is 34.5 Å². The number of amides is 2. The van der Waals surface area contributed by atoms with E-state index >= 15 is 0 Å². The lowest BCUT2D eigenvalue weighted by atomic mass is 9.83. The number of rotatable bonds is 10. The smallest absolute Gasteiger partial charge is 0.270 e. The summed E-state index contributed by atoms with van der Waals surface area (Å²) in [5.41, 5.74) is 1.31. The Morgan fingerprint density at radius 1 is 1.20 bits per heavy atom. The Labute approximate surface area is 211 Å². The summed E-state index contributed by atoms with van der Waals surface area (Å²) in [6.07, 6.45) is 7.20. The first-order chi connectivity index (χ1) is 16.7. The van der Waals surface area contributed by atoms with Crippen LogP contribution in [-0.4, -0.2) is 55.7 Å². The molecule has 0 bridgehead atoms. The highest BCUT2D eigenvalue weighted by Gasteiger charge is 2.33. The molecule has 2 aliphatic rings. The second kappa shape index (κ2) is 12.6. The molecule has 0 spiro atoms. The van der Waals surface area contributed by atoms with Crippen molar-refractivity contribution in [3.05, 3.63) is 45.6 Å². The molecule has 1 saturated carbocycles. The average molecular weight is 509 g/mol. The maximum atomic E-state index is 14.6. The number of hydrogen-bond donors (Lipinski definition) is 2. The zero-order chi connectivity index (χ0) is 25.5.